The van der Waals surface area contributed by atoms with Crippen molar-refractivity contribution in [2.75, 3.05) is 20.2 Å². The van der Waals surface area contributed by atoms with Crippen LogP contribution >= 0.6 is 0 Å². The number of carbonyl (C=O) groups excluding carboxylic acids is 1. The molecule has 4 nitrogen and oxygen atoms in total. The third kappa shape index (κ3) is 6.71. The summed E-state index contributed by atoms with van der Waals surface area (Å²) in [5, 5.41) is 7.42. The SMILES string of the molecule is CCN(C)/C=C\C(=N)C(=O)OCC(C)C. The first kappa shape index (κ1) is 13.7. The van der Waals surface area contributed by atoms with Crippen molar-refractivity contribution >= 4 is 11.7 Å². The summed E-state index contributed by atoms with van der Waals surface area (Å²) >= 11 is 0. The number of nitrogens with zero attached hydrogens (tertiary/aromatic N) is 1. The molecule has 0 unspecified atom stereocenters. The Kier molecular flexibility index (Phi) is 6.42. The number of rotatable bonds is 6. The Morgan fingerprint density at radius 2 is 2.13 bits per heavy atom. The van der Waals surface area contributed by atoms with Gasteiger partial charge in [-0.3, -0.25) is 5.41 Å². The fourth-order valence-electron chi connectivity index (χ4n) is 0.695. The smallest absolute Gasteiger partial charge is 0.356 e. The van der Waals surface area contributed by atoms with Crippen LogP contribution in [0.5, 0.6) is 0 Å². The van der Waals surface area contributed by atoms with Crippen LogP contribution in [-0.4, -0.2) is 36.8 Å². The molecule has 0 aromatic carbocycles. The zero-order chi connectivity index (χ0) is 11.8. The second-order valence-corrected chi connectivity index (χ2v) is 3.79. The Hall–Kier alpha value is -1.32. The summed E-state index contributed by atoms with van der Waals surface area (Å²) in [6.07, 6.45) is 3.14. The minimum Gasteiger partial charge on any atom is -0.461 e. The standard InChI is InChI=1S/C11H20N2O2/c1-5-13(4)7-6-10(12)11(14)15-8-9(2)3/h6-7,9,12H,5,8H2,1-4H3/b7-6-,12-10?. The average molecular weight is 212 g/mol. The van der Waals surface area contributed by atoms with E-state index in [9.17, 15) is 4.79 Å². The summed E-state index contributed by atoms with van der Waals surface area (Å²) in [7, 11) is 1.88. The Balaban J connectivity index is 3.99. The summed E-state index contributed by atoms with van der Waals surface area (Å²) in [5.74, 6) is -0.270. The molecular formula is C11H20N2O2. The van der Waals surface area contributed by atoms with Gasteiger partial charge in [-0.15, -0.1) is 0 Å². The predicted molar refractivity (Wildman–Crippen MR) is 61.0 cm³/mol. The summed E-state index contributed by atoms with van der Waals surface area (Å²) < 4.78 is 4.90. The van der Waals surface area contributed by atoms with Gasteiger partial charge in [0.1, 0.15) is 5.71 Å². The van der Waals surface area contributed by atoms with E-state index in [4.69, 9.17) is 10.1 Å². The summed E-state index contributed by atoms with van der Waals surface area (Å²) in [6, 6.07) is 0. The summed E-state index contributed by atoms with van der Waals surface area (Å²) in [4.78, 5) is 13.1. The third-order valence-corrected chi connectivity index (χ3v) is 1.76. The van der Waals surface area contributed by atoms with Gasteiger partial charge in [-0.1, -0.05) is 13.8 Å². The number of hydrogen-bond acceptors (Lipinski definition) is 4. The minimum absolute atomic E-state index is 0.115. The van der Waals surface area contributed by atoms with Gasteiger partial charge in [-0.05, 0) is 18.9 Å². The van der Waals surface area contributed by atoms with Crippen molar-refractivity contribution in [3.05, 3.63) is 12.3 Å². The summed E-state index contributed by atoms with van der Waals surface area (Å²) in [5.41, 5.74) is -0.115. The highest BCUT2D eigenvalue weighted by Crippen LogP contribution is 1.94. The van der Waals surface area contributed by atoms with Gasteiger partial charge >= 0.3 is 5.97 Å². The second kappa shape index (κ2) is 7.04. The number of carbonyl (C=O) groups is 1. The Morgan fingerprint density at radius 3 is 2.60 bits per heavy atom. The van der Waals surface area contributed by atoms with Crippen molar-refractivity contribution < 1.29 is 9.53 Å². The maximum absolute atomic E-state index is 11.2. The Bertz CT molecular complexity index is 247. The second-order valence-electron chi connectivity index (χ2n) is 3.79. The van der Waals surface area contributed by atoms with Crippen molar-refractivity contribution in [2.24, 2.45) is 5.92 Å². The van der Waals surface area contributed by atoms with Crippen LogP contribution in [0.15, 0.2) is 12.3 Å². The molecule has 0 aliphatic heterocycles. The van der Waals surface area contributed by atoms with Crippen LogP contribution in [-0.2, 0) is 9.53 Å². The van der Waals surface area contributed by atoms with Crippen molar-refractivity contribution in [1.29, 1.82) is 5.41 Å². The quantitative estimate of drug-likeness (QED) is 0.538. The lowest BCUT2D eigenvalue weighted by molar-refractivity contribution is -0.136. The topological polar surface area (TPSA) is 53.4 Å². The van der Waals surface area contributed by atoms with E-state index >= 15 is 0 Å². The largest absolute Gasteiger partial charge is 0.461 e. The molecule has 0 aromatic heterocycles. The van der Waals surface area contributed by atoms with E-state index in [1.54, 1.807) is 6.20 Å². The van der Waals surface area contributed by atoms with E-state index in [1.165, 1.54) is 6.08 Å². The number of nitrogens with one attached hydrogen (secondary N) is 1. The van der Waals surface area contributed by atoms with Gasteiger partial charge in [0.05, 0.1) is 6.61 Å². The van der Waals surface area contributed by atoms with Crippen LogP contribution < -0.4 is 0 Å². The molecule has 1 N–H and O–H groups in total. The number of esters is 1. The van der Waals surface area contributed by atoms with Gasteiger partial charge in [0.15, 0.2) is 0 Å². The van der Waals surface area contributed by atoms with Crippen LogP contribution in [0.2, 0.25) is 0 Å². The van der Waals surface area contributed by atoms with Gasteiger partial charge in [0, 0.05) is 19.8 Å². The molecule has 0 fully saturated rings. The molecule has 4 heteroatoms. The van der Waals surface area contributed by atoms with E-state index in [0.717, 1.165) is 6.54 Å². The van der Waals surface area contributed by atoms with Crippen molar-refractivity contribution in [1.82, 2.24) is 4.90 Å². The first-order valence-electron chi connectivity index (χ1n) is 5.11. The van der Waals surface area contributed by atoms with Gasteiger partial charge in [-0.25, -0.2) is 4.79 Å². The van der Waals surface area contributed by atoms with Gasteiger partial charge < -0.3 is 9.64 Å². The van der Waals surface area contributed by atoms with Crippen molar-refractivity contribution in [3.63, 3.8) is 0 Å². The van der Waals surface area contributed by atoms with Crippen LogP contribution in [0.3, 0.4) is 0 Å². The van der Waals surface area contributed by atoms with E-state index in [1.807, 2.05) is 32.7 Å². The first-order valence-corrected chi connectivity index (χ1v) is 5.11. The zero-order valence-electron chi connectivity index (χ0n) is 9.91. The molecule has 0 heterocycles. The van der Waals surface area contributed by atoms with Gasteiger partial charge in [-0.2, -0.15) is 0 Å². The number of ether oxygens (including phenoxy) is 1. The molecule has 0 saturated carbocycles. The molecule has 0 spiro atoms. The highest BCUT2D eigenvalue weighted by Gasteiger charge is 2.08. The lowest BCUT2D eigenvalue weighted by Gasteiger charge is -2.09. The molecule has 0 aromatic rings. The molecule has 0 rings (SSSR count). The van der Waals surface area contributed by atoms with E-state index in [2.05, 4.69) is 0 Å². The molecule has 0 saturated heterocycles. The van der Waals surface area contributed by atoms with Gasteiger partial charge in [0.2, 0.25) is 0 Å². The van der Waals surface area contributed by atoms with E-state index in [0.29, 0.717) is 12.5 Å². The van der Waals surface area contributed by atoms with E-state index < -0.39 is 5.97 Å². The van der Waals surface area contributed by atoms with Crippen LogP contribution in [0, 0.1) is 11.3 Å². The molecule has 0 aliphatic rings. The lowest BCUT2D eigenvalue weighted by atomic mass is 10.2. The van der Waals surface area contributed by atoms with Crippen LogP contribution in [0.1, 0.15) is 20.8 Å². The molecule has 0 atom stereocenters. The van der Waals surface area contributed by atoms with Crippen molar-refractivity contribution in [3.8, 4) is 0 Å². The third-order valence-electron chi connectivity index (χ3n) is 1.76. The maximum Gasteiger partial charge on any atom is 0.356 e. The molecule has 0 bridgehead atoms. The molecule has 0 radical (unpaired) electrons. The highest BCUT2D eigenvalue weighted by molar-refractivity contribution is 6.39. The molecular weight excluding hydrogens is 192 g/mol. The summed E-state index contributed by atoms with van der Waals surface area (Å²) in [6.45, 7) is 7.10. The maximum atomic E-state index is 11.2. The highest BCUT2D eigenvalue weighted by atomic mass is 16.5. The van der Waals surface area contributed by atoms with Crippen LogP contribution in [0.4, 0.5) is 0 Å². The minimum atomic E-state index is -0.565. The lowest BCUT2D eigenvalue weighted by Crippen LogP contribution is -2.18. The molecule has 0 aliphatic carbocycles. The average Bonchev–Trinajstić information content (AvgIpc) is 2.21. The number of hydrogen-bond donors (Lipinski definition) is 1. The normalized spacial score (nSPS) is 10.7. The molecule has 86 valence electrons. The molecule has 0 amide bonds. The fourth-order valence-corrected chi connectivity index (χ4v) is 0.695. The zero-order valence-corrected chi connectivity index (χ0v) is 9.91. The first-order chi connectivity index (χ1) is 6.97. The van der Waals surface area contributed by atoms with Crippen LogP contribution in [0.25, 0.3) is 0 Å². The Morgan fingerprint density at radius 1 is 1.53 bits per heavy atom. The molecule has 15 heavy (non-hydrogen) atoms. The van der Waals surface area contributed by atoms with Crippen molar-refractivity contribution in [2.45, 2.75) is 20.8 Å². The van der Waals surface area contributed by atoms with Gasteiger partial charge in [0.25, 0.3) is 0 Å². The fraction of sp³-hybridized carbons (Fsp3) is 0.636. The Labute approximate surface area is 91.4 Å². The predicted octanol–water partition coefficient (Wildman–Crippen LogP) is 1.67. The monoisotopic (exact) mass is 212 g/mol. The van der Waals surface area contributed by atoms with E-state index in [-0.39, 0.29) is 5.71 Å².